The molecule has 0 fully saturated rings. The van der Waals surface area contributed by atoms with Crippen molar-refractivity contribution < 1.29 is 4.79 Å². The molecule has 0 unspecified atom stereocenters. The van der Waals surface area contributed by atoms with Crippen molar-refractivity contribution in [1.29, 1.82) is 0 Å². The first kappa shape index (κ1) is 11.7. The van der Waals surface area contributed by atoms with Crippen LogP contribution in [0.1, 0.15) is 24.1 Å². The van der Waals surface area contributed by atoms with Gasteiger partial charge in [-0.25, -0.2) is 0 Å². The highest BCUT2D eigenvalue weighted by molar-refractivity contribution is 5.93. The lowest BCUT2D eigenvalue weighted by Crippen LogP contribution is -2.28. The van der Waals surface area contributed by atoms with Crippen LogP contribution in [0.3, 0.4) is 0 Å². The van der Waals surface area contributed by atoms with Crippen LogP contribution in [0.4, 0.5) is 0 Å². The second kappa shape index (κ2) is 4.39. The molecule has 0 saturated carbocycles. The van der Waals surface area contributed by atoms with Gasteiger partial charge in [-0.2, -0.15) is 0 Å². The van der Waals surface area contributed by atoms with Crippen LogP contribution in [0.15, 0.2) is 60.7 Å². The topological polar surface area (TPSA) is 29.1 Å². The molecule has 0 atom stereocenters. The minimum Gasteiger partial charge on any atom is -0.341 e. The largest absolute Gasteiger partial charge is 0.341 e. The van der Waals surface area contributed by atoms with E-state index in [-0.39, 0.29) is 11.9 Å². The maximum atomic E-state index is 11.9. The number of carbonyl (C=O) groups is 1. The van der Waals surface area contributed by atoms with E-state index in [1.807, 2.05) is 24.3 Å². The Labute approximate surface area is 112 Å². The minimum atomic E-state index is -0.100. The number of fused-ring (bicyclic) bond motifs is 3. The molecule has 0 saturated heterocycles. The summed E-state index contributed by atoms with van der Waals surface area (Å²) < 4.78 is 0. The van der Waals surface area contributed by atoms with Crippen molar-refractivity contribution in [3.63, 3.8) is 0 Å². The molecule has 2 nitrogen and oxygen atoms in total. The van der Waals surface area contributed by atoms with Gasteiger partial charge in [-0.3, -0.25) is 4.79 Å². The van der Waals surface area contributed by atoms with Gasteiger partial charge in [-0.15, -0.1) is 0 Å². The molecule has 0 radical (unpaired) electrons. The fourth-order valence-electron chi connectivity index (χ4n) is 2.57. The van der Waals surface area contributed by atoms with Gasteiger partial charge in [0.05, 0.1) is 6.04 Å². The van der Waals surface area contributed by atoms with Crippen LogP contribution >= 0.6 is 0 Å². The van der Waals surface area contributed by atoms with Crippen molar-refractivity contribution >= 4 is 5.91 Å². The molecule has 0 aliphatic heterocycles. The summed E-state index contributed by atoms with van der Waals surface area (Å²) in [7, 11) is 0. The quantitative estimate of drug-likeness (QED) is 0.811. The van der Waals surface area contributed by atoms with Gasteiger partial charge in [0.1, 0.15) is 0 Å². The third kappa shape index (κ3) is 1.85. The van der Waals surface area contributed by atoms with Crippen molar-refractivity contribution in [2.75, 3.05) is 0 Å². The molecule has 1 aliphatic rings. The molecule has 1 amide bonds. The summed E-state index contributed by atoms with van der Waals surface area (Å²) >= 11 is 0. The van der Waals surface area contributed by atoms with E-state index in [2.05, 4.69) is 36.2 Å². The summed E-state index contributed by atoms with van der Waals surface area (Å²) in [6.07, 6.45) is 0. The van der Waals surface area contributed by atoms with Gasteiger partial charge < -0.3 is 5.32 Å². The normalized spacial score (nSPS) is 12.7. The molecule has 3 rings (SSSR count). The maximum Gasteiger partial charge on any atom is 0.247 e. The summed E-state index contributed by atoms with van der Waals surface area (Å²) in [5.74, 6) is -0.100. The van der Waals surface area contributed by atoms with Crippen LogP contribution in [0.2, 0.25) is 0 Å². The molecule has 1 N–H and O–H groups in total. The maximum absolute atomic E-state index is 11.9. The highest BCUT2D eigenvalue weighted by atomic mass is 16.1. The van der Waals surface area contributed by atoms with E-state index in [1.54, 1.807) is 6.92 Å². The molecule has 1 aliphatic carbocycles. The Kier molecular flexibility index (Phi) is 2.71. The molecule has 94 valence electrons. The lowest BCUT2D eigenvalue weighted by atomic mass is 10.1. The number of nitrogens with one attached hydrogen (secondary N) is 1. The van der Waals surface area contributed by atoms with Crippen LogP contribution in [-0.2, 0) is 4.79 Å². The number of carbonyl (C=O) groups excluding carboxylic acids is 1. The summed E-state index contributed by atoms with van der Waals surface area (Å²) in [5.41, 5.74) is 5.23. The zero-order chi connectivity index (χ0) is 13.4. The first-order chi connectivity index (χ1) is 9.18. The van der Waals surface area contributed by atoms with Crippen molar-refractivity contribution in [3.05, 3.63) is 71.8 Å². The Morgan fingerprint density at radius 2 is 1.47 bits per heavy atom. The molecule has 0 spiro atoms. The Morgan fingerprint density at radius 1 is 1.00 bits per heavy atom. The third-order valence-corrected chi connectivity index (χ3v) is 3.50. The molecule has 2 aromatic rings. The van der Waals surface area contributed by atoms with Crippen molar-refractivity contribution in [2.45, 2.75) is 13.0 Å². The SMILES string of the molecule is C=C(C)C(=O)NC1c2ccccc2-c2ccccc21. The van der Waals surface area contributed by atoms with Crippen molar-refractivity contribution in [2.24, 2.45) is 0 Å². The average Bonchev–Trinajstić information content (AvgIpc) is 2.74. The van der Waals surface area contributed by atoms with E-state index >= 15 is 0 Å². The number of rotatable bonds is 2. The standard InChI is InChI=1S/C17H15NO/c1-11(2)17(19)18-16-14-9-5-3-7-12(14)13-8-4-6-10-15(13)16/h3-10,16H,1H2,2H3,(H,18,19). The predicted octanol–water partition coefficient (Wildman–Crippen LogP) is 3.45. The monoisotopic (exact) mass is 249 g/mol. The molecule has 0 bridgehead atoms. The van der Waals surface area contributed by atoms with Crippen LogP contribution in [0, 0.1) is 0 Å². The fraction of sp³-hybridized carbons (Fsp3) is 0.118. The summed E-state index contributed by atoms with van der Waals surface area (Å²) in [6, 6.07) is 16.3. The highest BCUT2D eigenvalue weighted by Gasteiger charge is 2.28. The van der Waals surface area contributed by atoms with E-state index in [1.165, 1.54) is 11.1 Å². The van der Waals surface area contributed by atoms with E-state index in [9.17, 15) is 4.79 Å². The summed E-state index contributed by atoms with van der Waals surface area (Å²) in [5, 5.41) is 3.05. The van der Waals surface area contributed by atoms with Gasteiger partial charge in [0.15, 0.2) is 0 Å². The summed E-state index contributed by atoms with van der Waals surface area (Å²) in [6.45, 7) is 5.42. The second-order valence-electron chi connectivity index (χ2n) is 4.86. The van der Waals surface area contributed by atoms with Gasteiger partial charge >= 0.3 is 0 Å². The first-order valence-corrected chi connectivity index (χ1v) is 6.33. The predicted molar refractivity (Wildman–Crippen MR) is 76.7 cm³/mol. The van der Waals surface area contributed by atoms with Crippen LogP contribution in [-0.4, -0.2) is 5.91 Å². The molecular formula is C17H15NO. The number of hydrogen-bond acceptors (Lipinski definition) is 1. The Morgan fingerprint density at radius 3 is 1.95 bits per heavy atom. The van der Waals surface area contributed by atoms with Gasteiger partial charge in [0.25, 0.3) is 0 Å². The molecule has 2 aromatic carbocycles. The summed E-state index contributed by atoms with van der Waals surface area (Å²) in [4.78, 5) is 11.9. The average molecular weight is 249 g/mol. The van der Waals surface area contributed by atoms with E-state index in [0.717, 1.165) is 11.1 Å². The Hall–Kier alpha value is -2.35. The lowest BCUT2D eigenvalue weighted by molar-refractivity contribution is -0.117. The molecule has 0 heterocycles. The number of hydrogen-bond donors (Lipinski definition) is 1. The smallest absolute Gasteiger partial charge is 0.247 e. The van der Waals surface area contributed by atoms with Crippen molar-refractivity contribution in [1.82, 2.24) is 5.32 Å². The zero-order valence-corrected chi connectivity index (χ0v) is 10.8. The first-order valence-electron chi connectivity index (χ1n) is 6.33. The van der Waals surface area contributed by atoms with E-state index in [4.69, 9.17) is 0 Å². The fourth-order valence-corrected chi connectivity index (χ4v) is 2.57. The van der Waals surface area contributed by atoms with Crippen LogP contribution in [0.25, 0.3) is 11.1 Å². The Balaban J connectivity index is 2.10. The van der Waals surface area contributed by atoms with Crippen LogP contribution < -0.4 is 5.32 Å². The minimum absolute atomic E-state index is 0.0726. The molecule has 0 aromatic heterocycles. The van der Waals surface area contributed by atoms with Crippen LogP contribution in [0.5, 0.6) is 0 Å². The number of amides is 1. The van der Waals surface area contributed by atoms with Gasteiger partial charge in [0.2, 0.25) is 5.91 Å². The van der Waals surface area contributed by atoms with Crippen molar-refractivity contribution in [3.8, 4) is 11.1 Å². The van der Waals surface area contributed by atoms with Gasteiger partial charge in [-0.05, 0) is 29.2 Å². The Bertz CT molecular complexity index is 627. The molecular weight excluding hydrogens is 234 g/mol. The highest BCUT2D eigenvalue weighted by Crippen LogP contribution is 2.42. The van der Waals surface area contributed by atoms with Gasteiger partial charge in [-0.1, -0.05) is 55.1 Å². The number of benzene rings is 2. The van der Waals surface area contributed by atoms with Gasteiger partial charge in [0, 0.05) is 5.57 Å². The molecule has 19 heavy (non-hydrogen) atoms. The second-order valence-corrected chi connectivity index (χ2v) is 4.86. The lowest BCUT2D eigenvalue weighted by Gasteiger charge is -2.15. The van der Waals surface area contributed by atoms with E-state index < -0.39 is 0 Å². The third-order valence-electron chi connectivity index (χ3n) is 3.50. The zero-order valence-electron chi connectivity index (χ0n) is 10.8. The van der Waals surface area contributed by atoms with E-state index in [0.29, 0.717) is 5.57 Å². The molecule has 2 heteroatoms.